The van der Waals surface area contributed by atoms with Crippen molar-refractivity contribution in [3.05, 3.63) is 53.1 Å². The van der Waals surface area contributed by atoms with Crippen LogP contribution in [0, 0.1) is 11.3 Å². The highest BCUT2D eigenvalue weighted by Gasteiger charge is 2.06. The first-order valence-corrected chi connectivity index (χ1v) is 6.52. The van der Waals surface area contributed by atoms with Gasteiger partial charge in [0.25, 0.3) is 0 Å². The Labute approximate surface area is 113 Å². The Bertz CT molecular complexity index is 754. The average molecular weight is 271 g/mol. The Morgan fingerprint density at radius 1 is 1.11 bits per heavy atom. The number of hydrogen-bond acceptors (Lipinski definition) is 3. The summed E-state index contributed by atoms with van der Waals surface area (Å²) in [5.74, 6) is 0. The number of fused-ring (bicyclic) bond motifs is 1. The van der Waals surface area contributed by atoms with Crippen molar-refractivity contribution >= 4 is 33.2 Å². The van der Waals surface area contributed by atoms with E-state index in [9.17, 15) is 0 Å². The molecule has 0 bridgehead atoms. The molecule has 0 saturated heterocycles. The highest BCUT2D eigenvalue weighted by Crippen LogP contribution is 2.31. The summed E-state index contributed by atoms with van der Waals surface area (Å²) in [6.07, 6.45) is 0. The molecule has 0 saturated carbocycles. The Morgan fingerprint density at radius 2 is 1.89 bits per heavy atom. The van der Waals surface area contributed by atoms with Crippen LogP contribution < -0.4 is 0 Å². The van der Waals surface area contributed by atoms with Crippen molar-refractivity contribution in [1.29, 1.82) is 5.26 Å². The second-order valence-corrected chi connectivity index (χ2v) is 5.29. The van der Waals surface area contributed by atoms with Gasteiger partial charge < -0.3 is 0 Å². The fourth-order valence-corrected chi connectivity index (χ4v) is 2.83. The van der Waals surface area contributed by atoms with Crippen molar-refractivity contribution in [3.8, 4) is 16.6 Å². The minimum atomic E-state index is 0.655. The van der Waals surface area contributed by atoms with Gasteiger partial charge in [-0.25, -0.2) is 4.98 Å². The fourth-order valence-electron chi connectivity index (χ4n) is 1.71. The molecule has 2 aromatic carbocycles. The predicted octanol–water partition coefficient (Wildman–Crippen LogP) is 4.49. The largest absolute Gasteiger partial charge is 0.236 e. The monoisotopic (exact) mass is 270 g/mol. The van der Waals surface area contributed by atoms with Crippen LogP contribution in [0.3, 0.4) is 0 Å². The first-order valence-electron chi connectivity index (χ1n) is 5.33. The van der Waals surface area contributed by atoms with Crippen LogP contribution in [0.2, 0.25) is 5.02 Å². The number of halogens is 1. The van der Waals surface area contributed by atoms with Crippen LogP contribution in [-0.2, 0) is 0 Å². The molecule has 0 amide bonds. The zero-order valence-corrected chi connectivity index (χ0v) is 10.8. The highest BCUT2D eigenvalue weighted by molar-refractivity contribution is 7.21. The Balaban J connectivity index is 2.10. The molecule has 1 aromatic heterocycles. The van der Waals surface area contributed by atoms with E-state index >= 15 is 0 Å². The van der Waals surface area contributed by atoms with Gasteiger partial charge in [-0.3, -0.25) is 0 Å². The molecular formula is C14H7ClN2S. The number of rotatable bonds is 1. The van der Waals surface area contributed by atoms with Crippen LogP contribution in [0.5, 0.6) is 0 Å². The smallest absolute Gasteiger partial charge is 0.124 e. The zero-order valence-electron chi connectivity index (χ0n) is 9.22. The summed E-state index contributed by atoms with van der Waals surface area (Å²) in [4.78, 5) is 4.55. The van der Waals surface area contributed by atoms with Crippen LogP contribution in [0.15, 0.2) is 42.5 Å². The first-order chi connectivity index (χ1) is 8.76. The van der Waals surface area contributed by atoms with E-state index < -0.39 is 0 Å². The van der Waals surface area contributed by atoms with Crippen LogP contribution >= 0.6 is 22.9 Å². The maximum atomic E-state index is 8.77. The van der Waals surface area contributed by atoms with Crippen molar-refractivity contribution in [2.45, 2.75) is 0 Å². The maximum absolute atomic E-state index is 8.77. The van der Waals surface area contributed by atoms with Gasteiger partial charge in [-0.15, -0.1) is 11.3 Å². The second-order valence-electron chi connectivity index (χ2n) is 3.82. The summed E-state index contributed by atoms with van der Waals surface area (Å²) in [6, 6.07) is 15.2. The van der Waals surface area contributed by atoms with Gasteiger partial charge in [-0.2, -0.15) is 5.26 Å². The van der Waals surface area contributed by atoms with Gasteiger partial charge >= 0.3 is 0 Å². The van der Waals surface area contributed by atoms with Crippen LogP contribution in [0.25, 0.3) is 20.8 Å². The molecule has 0 fully saturated rings. The number of benzene rings is 2. The third-order valence-corrected chi connectivity index (χ3v) is 3.93. The lowest BCUT2D eigenvalue weighted by molar-refractivity contribution is 1.45. The number of hydrogen-bond donors (Lipinski definition) is 0. The molecule has 0 N–H and O–H groups in total. The number of nitrogens with zero attached hydrogens (tertiary/aromatic N) is 2. The summed E-state index contributed by atoms with van der Waals surface area (Å²) in [5, 5.41) is 10.4. The summed E-state index contributed by atoms with van der Waals surface area (Å²) in [6.45, 7) is 0. The Hall–Kier alpha value is -1.89. The molecule has 0 radical (unpaired) electrons. The van der Waals surface area contributed by atoms with E-state index in [2.05, 4.69) is 11.1 Å². The van der Waals surface area contributed by atoms with Crippen molar-refractivity contribution in [1.82, 2.24) is 4.98 Å². The van der Waals surface area contributed by atoms with Crippen molar-refractivity contribution in [2.24, 2.45) is 0 Å². The summed E-state index contributed by atoms with van der Waals surface area (Å²) in [7, 11) is 0. The molecule has 0 aliphatic carbocycles. The predicted molar refractivity (Wildman–Crippen MR) is 74.8 cm³/mol. The molecule has 18 heavy (non-hydrogen) atoms. The molecule has 0 spiro atoms. The molecular weight excluding hydrogens is 264 g/mol. The second kappa shape index (κ2) is 4.41. The quantitative estimate of drug-likeness (QED) is 0.653. The van der Waals surface area contributed by atoms with Gasteiger partial charge in [0.15, 0.2) is 0 Å². The summed E-state index contributed by atoms with van der Waals surface area (Å²) >= 11 is 7.56. The normalized spacial score (nSPS) is 10.4. The maximum Gasteiger partial charge on any atom is 0.124 e. The average Bonchev–Trinajstić information content (AvgIpc) is 2.81. The molecule has 0 aliphatic rings. The molecule has 3 aromatic rings. The highest BCUT2D eigenvalue weighted by atomic mass is 35.5. The first kappa shape index (κ1) is 11.2. The number of aromatic nitrogens is 1. The van der Waals surface area contributed by atoms with E-state index in [1.807, 2.05) is 30.3 Å². The van der Waals surface area contributed by atoms with Crippen molar-refractivity contribution < 1.29 is 0 Å². The van der Waals surface area contributed by atoms with Gasteiger partial charge in [0.1, 0.15) is 5.01 Å². The van der Waals surface area contributed by atoms with Gasteiger partial charge in [0, 0.05) is 10.6 Å². The Kier molecular flexibility index (Phi) is 2.75. The molecule has 2 nitrogen and oxygen atoms in total. The van der Waals surface area contributed by atoms with E-state index in [1.165, 1.54) is 0 Å². The molecule has 1 heterocycles. The van der Waals surface area contributed by atoms with Gasteiger partial charge in [-0.1, -0.05) is 23.7 Å². The molecule has 0 unspecified atom stereocenters. The molecule has 86 valence electrons. The zero-order chi connectivity index (χ0) is 12.5. The summed E-state index contributed by atoms with van der Waals surface area (Å²) in [5.41, 5.74) is 2.58. The Morgan fingerprint density at radius 3 is 2.61 bits per heavy atom. The summed E-state index contributed by atoms with van der Waals surface area (Å²) < 4.78 is 1.11. The van der Waals surface area contributed by atoms with Crippen LogP contribution in [0.1, 0.15) is 5.56 Å². The molecule has 4 heteroatoms. The van der Waals surface area contributed by atoms with E-state index in [1.54, 1.807) is 23.5 Å². The van der Waals surface area contributed by atoms with Gasteiger partial charge in [0.2, 0.25) is 0 Å². The lowest BCUT2D eigenvalue weighted by atomic mass is 10.1. The topological polar surface area (TPSA) is 36.7 Å². The van der Waals surface area contributed by atoms with Crippen LogP contribution in [0.4, 0.5) is 0 Å². The van der Waals surface area contributed by atoms with E-state index in [-0.39, 0.29) is 0 Å². The third-order valence-electron chi connectivity index (χ3n) is 2.61. The minimum absolute atomic E-state index is 0.655. The standard InChI is InChI=1S/C14H7ClN2S/c15-11-5-6-13-12(7-11)17-14(18-13)10-3-1-9(8-16)2-4-10/h1-7H. The van der Waals surface area contributed by atoms with E-state index in [0.29, 0.717) is 10.6 Å². The van der Waals surface area contributed by atoms with E-state index in [0.717, 1.165) is 20.8 Å². The molecule has 0 aliphatic heterocycles. The van der Waals surface area contributed by atoms with Gasteiger partial charge in [0.05, 0.1) is 21.8 Å². The van der Waals surface area contributed by atoms with Crippen molar-refractivity contribution in [2.75, 3.05) is 0 Å². The van der Waals surface area contributed by atoms with Crippen LogP contribution in [-0.4, -0.2) is 4.98 Å². The fraction of sp³-hybridized carbons (Fsp3) is 0. The van der Waals surface area contributed by atoms with Gasteiger partial charge in [-0.05, 0) is 30.3 Å². The molecule has 3 rings (SSSR count). The molecule has 0 atom stereocenters. The SMILES string of the molecule is N#Cc1ccc(-c2nc3cc(Cl)ccc3s2)cc1. The lowest BCUT2D eigenvalue weighted by Gasteiger charge is -1.94. The number of thiazole rings is 1. The van der Waals surface area contributed by atoms with Crippen molar-refractivity contribution in [3.63, 3.8) is 0 Å². The number of nitriles is 1. The minimum Gasteiger partial charge on any atom is -0.236 e. The van der Waals surface area contributed by atoms with E-state index in [4.69, 9.17) is 16.9 Å². The lowest BCUT2D eigenvalue weighted by Crippen LogP contribution is -1.77. The third kappa shape index (κ3) is 1.97.